The number of nitrogens with zero attached hydrogens (tertiary/aromatic N) is 4. The molecule has 0 aliphatic carbocycles. The number of rotatable bonds is 4. The normalized spacial score (nSPS) is 11.2. The van der Waals surface area contributed by atoms with Gasteiger partial charge < -0.3 is 5.11 Å². The number of fused-ring (bicyclic) bond motifs is 1. The van der Waals surface area contributed by atoms with Crippen LogP contribution in [-0.4, -0.2) is 30.8 Å². The van der Waals surface area contributed by atoms with E-state index in [1.807, 2.05) is 31.2 Å². The molecule has 0 saturated carbocycles. The van der Waals surface area contributed by atoms with Crippen molar-refractivity contribution in [3.05, 3.63) is 64.7 Å². The molecule has 4 aromatic rings. The number of benzene rings is 1. The van der Waals surface area contributed by atoms with E-state index in [1.165, 1.54) is 0 Å². The zero-order valence-corrected chi connectivity index (χ0v) is 15.3. The fourth-order valence-corrected chi connectivity index (χ4v) is 4.08. The van der Waals surface area contributed by atoms with Crippen LogP contribution in [0.25, 0.3) is 20.8 Å². The van der Waals surface area contributed by atoms with Crippen LogP contribution < -0.4 is 0 Å². The molecule has 3 aromatic heterocycles. The minimum Gasteiger partial charge on any atom is -0.476 e. The number of thiazole rings is 1. The smallest absolute Gasteiger partial charge is 0.356 e. The molecule has 0 aliphatic rings. The maximum Gasteiger partial charge on any atom is 0.356 e. The minimum atomic E-state index is -1.05. The summed E-state index contributed by atoms with van der Waals surface area (Å²) in [6.45, 7) is 2.22. The van der Waals surface area contributed by atoms with Crippen LogP contribution in [0.3, 0.4) is 0 Å². The van der Waals surface area contributed by atoms with Crippen molar-refractivity contribution < 1.29 is 9.90 Å². The van der Waals surface area contributed by atoms with Crippen molar-refractivity contribution in [1.29, 1.82) is 0 Å². The van der Waals surface area contributed by atoms with Crippen molar-refractivity contribution in [2.75, 3.05) is 0 Å². The number of hydrogen-bond acceptors (Lipinski definition) is 5. The average Bonchev–Trinajstić information content (AvgIpc) is 3.20. The Balaban J connectivity index is 1.80. The van der Waals surface area contributed by atoms with Crippen LogP contribution in [0.15, 0.2) is 42.7 Å². The highest BCUT2D eigenvalue weighted by Gasteiger charge is 2.15. The third kappa shape index (κ3) is 3.07. The van der Waals surface area contributed by atoms with Crippen molar-refractivity contribution >= 4 is 39.1 Å². The molecule has 4 rings (SSSR count). The first kappa shape index (κ1) is 16.7. The van der Waals surface area contributed by atoms with Crippen LogP contribution in [0.1, 0.15) is 21.7 Å². The van der Waals surface area contributed by atoms with Gasteiger partial charge in [0.2, 0.25) is 0 Å². The summed E-state index contributed by atoms with van der Waals surface area (Å²) in [5, 5.41) is 14.7. The van der Waals surface area contributed by atoms with Gasteiger partial charge in [-0.3, -0.25) is 9.67 Å². The van der Waals surface area contributed by atoms with Crippen LogP contribution in [0, 0.1) is 6.92 Å². The van der Waals surface area contributed by atoms with Crippen LogP contribution in [0.4, 0.5) is 0 Å². The quantitative estimate of drug-likeness (QED) is 0.568. The monoisotopic (exact) mass is 384 g/mol. The first-order valence-corrected chi connectivity index (χ1v) is 8.98. The summed E-state index contributed by atoms with van der Waals surface area (Å²) in [4.78, 5) is 20.0. The Bertz CT molecular complexity index is 1120. The largest absolute Gasteiger partial charge is 0.476 e. The Kier molecular flexibility index (Phi) is 4.18. The molecule has 0 saturated heterocycles. The summed E-state index contributed by atoms with van der Waals surface area (Å²) in [6.07, 6.45) is 3.50. The summed E-state index contributed by atoms with van der Waals surface area (Å²) in [5.74, 6) is -1.05. The lowest BCUT2D eigenvalue weighted by atomic mass is 10.2. The molecule has 8 heteroatoms. The zero-order valence-electron chi connectivity index (χ0n) is 13.7. The minimum absolute atomic E-state index is 0.0232. The number of aromatic carboxylic acids is 1. The van der Waals surface area contributed by atoms with Crippen molar-refractivity contribution in [2.45, 2.75) is 13.5 Å². The maximum absolute atomic E-state index is 11.1. The topological polar surface area (TPSA) is 80.9 Å². The second-order valence-corrected chi connectivity index (χ2v) is 7.27. The molecule has 6 nitrogen and oxygen atoms in total. The van der Waals surface area contributed by atoms with Gasteiger partial charge in [-0.2, -0.15) is 5.10 Å². The van der Waals surface area contributed by atoms with Gasteiger partial charge in [0.15, 0.2) is 5.69 Å². The molecule has 0 radical (unpaired) electrons. The summed E-state index contributed by atoms with van der Waals surface area (Å²) >= 11 is 7.83. The van der Waals surface area contributed by atoms with Gasteiger partial charge >= 0.3 is 5.97 Å². The number of carbonyl (C=O) groups is 1. The molecule has 0 aliphatic heterocycles. The van der Waals surface area contributed by atoms with Gasteiger partial charge in [0.1, 0.15) is 5.01 Å². The summed E-state index contributed by atoms with van der Waals surface area (Å²) in [5.41, 5.74) is 3.46. The van der Waals surface area contributed by atoms with Crippen LogP contribution in [-0.2, 0) is 6.54 Å². The average molecular weight is 385 g/mol. The molecular formula is C18H13ClN4O2S. The predicted octanol–water partition coefficient (Wildman–Crippen LogP) is 4.26. The van der Waals surface area contributed by atoms with Gasteiger partial charge in [-0.25, -0.2) is 9.78 Å². The molecule has 3 heterocycles. The third-order valence-corrected chi connectivity index (χ3v) is 5.24. The lowest BCUT2D eigenvalue weighted by molar-refractivity contribution is 0.0689. The molecule has 0 amide bonds. The van der Waals surface area contributed by atoms with E-state index in [9.17, 15) is 4.79 Å². The van der Waals surface area contributed by atoms with Gasteiger partial charge in [0.05, 0.1) is 16.8 Å². The van der Waals surface area contributed by atoms with E-state index in [4.69, 9.17) is 21.7 Å². The molecule has 0 unspecified atom stereocenters. The van der Waals surface area contributed by atoms with Gasteiger partial charge in [0, 0.05) is 34.2 Å². The maximum atomic E-state index is 11.1. The van der Waals surface area contributed by atoms with Gasteiger partial charge in [-0.15, -0.1) is 11.3 Å². The number of halogens is 1. The lowest BCUT2D eigenvalue weighted by Crippen LogP contribution is -2.06. The second-order valence-electron chi connectivity index (χ2n) is 5.81. The first-order chi connectivity index (χ1) is 12.5. The first-order valence-electron chi connectivity index (χ1n) is 7.78. The number of carboxylic acid groups (broad SMARTS) is 1. The van der Waals surface area contributed by atoms with E-state index < -0.39 is 5.97 Å². The Hall–Kier alpha value is -2.77. The van der Waals surface area contributed by atoms with Gasteiger partial charge in [0.25, 0.3) is 0 Å². The zero-order chi connectivity index (χ0) is 18.3. The van der Waals surface area contributed by atoms with E-state index in [-0.39, 0.29) is 5.69 Å². The molecule has 0 fully saturated rings. The molecule has 0 bridgehead atoms. The van der Waals surface area contributed by atoms with E-state index in [0.29, 0.717) is 11.6 Å². The number of carboxylic acids is 1. The van der Waals surface area contributed by atoms with Crippen LogP contribution in [0.5, 0.6) is 0 Å². The molecular weight excluding hydrogens is 372 g/mol. The van der Waals surface area contributed by atoms with Crippen LogP contribution >= 0.6 is 22.9 Å². The number of aromatic nitrogens is 4. The van der Waals surface area contributed by atoms with Gasteiger partial charge in [-0.05, 0) is 37.3 Å². The predicted molar refractivity (Wildman–Crippen MR) is 101 cm³/mol. The number of pyridine rings is 1. The Morgan fingerprint density at radius 1 is 1.35 bits per heavy atom. The van der Waals surface area contributed by atoms with Crippen molar-refractivity contribution in [3.63, 3.8) is 0 Å². The van der Waals surface area contributed by atoms with E-state index in [2.05, 4.69) is 10.1 Å². The highest BCUT2D eigenvalue weighted by atomic mass is 35.5. The number of hydrogen-bond donors (Lipinski definition) is 1. The molecule has 130 valence electrons. The molecule has 1 N–H and O–H groups in total. The Labute approximate surface area is 157 Å². The van der Waals surface area contributed by atoms with Crippen molar-refractivity contribution in [1.82, 2.24) is 19.7 Å². The third-order valence-electron chi connectivity index (χ3n) is 3.97. The fourth-order valence-electron chi connectivity index (χ4n) is 2.73. The summed E-state index contributed by atoms with van der Waals surface area (Å²) in [7, 11) is 0. The summed E-state index contributed by atoms with van der Waals surface area (Å²) in [6, 6.07) is 9.11. The standard InChI is InChI=1S/C18H13ClN4O2S/c1-10-5-14(18(24)25)22-23(10)9-12-6-13(19)7-15-16(12)21-17(26-15)11-3-2-4-20-8-11/h2-8H,9H2,1H3,(H,24,25). The van der Waals surface area contributed by atoms with Crippen LogP contribution in [0.2, 0.25) is 5.02 Å². The Morgan fingerprint density at radius 2 is 2.19 bits per heavy atom. The summed E-state index contributed by atoms with van der Waals surface area (Å²) < 4.78 is 2.62. The second kappa shape index (κ2) is 6.51. The lowest BCUT2D eigenvalue weighted by Gasteiger charge is -2.06. The van der Waals surface area contributed by atoms with E-state index >= 15 is 0 Å². The Morgan fingerprint density at radius 3 is 2.88 bits per heavy atom. The van der Waals surface area contributed by atoms with Crippen molar-refractivity contribution in [3.8, 4) is 10.6 Å². The van der Waals surface area contributed by atoms with Gasteiger partial charge in [-0.1, -0.05) is 11.6 Å². The van der Waals surface area contributed by atoms with E-state index in [0.717, 1.165) is 32.0 Å². The molecule has 0 spiro atoms. The fraction of sp³-hybridized carbons (Fsp3) is 0.111. The molecule has 1 aromatic carbocycles. The van der Waals surface area contributed by atoms with Crippen molar-refractivity contribution in [2.24, 2.45) is 0 Å². The number of aryl methyl sites for hydroxylation is 1. The highest BCUT2D eigenvalue weighted by molar-refractivity contribution is 7.21. The molecule has 0 atom stereocenters. The highest BCUT2D eigenvalue weighted by Crippen LogP contribution is 2.34. The van der Waals surface area contributed by atoms with E-state index in [1.54, 1.807) is 34.5 Å². The SMILES string of the molecule is Cc1cc(C(=O)O)nn1Cc1cc(Cl)cc2sc(-c3cccnc3)nc12. The molecule has 26 heavy (non-hydrogen) atoms.